The van der Waals surface area contributed by atoms with Crippen LogP contribution >= 0.6 is 0 Å². The highest BCUT2D eigenvalue weighted by atomic mass is 16.5. The topological polar surface area (TPSA) is 85.7 Å². The van der Waals surface area contributed by atoms with Crippen LogP contribution in [0.15, 0.2) is 60.3 Å². The molecule has 2 heterocycles. The van der Waals surface area contributed by atoms with Crippen LogP contribution in [0.1, 0.15) is 65.5 Å². The lowest BCUT2D eigenvalue weighted by Gasteiger charge is -2.27. The zero-order valence-electron chi connectivity index (χ0n) is 20.3. The van der Waals surface area contributed by atoms with E-state index in [-0.39, 0.29) is 30.1 Å². The second-order valence-electron chi connectivity index (χ2n) is 8.98. The van der Waals surface area contributed by atoms with Crippen molar-refractivity contribution in [2.45, 2.75) is 78.1 Å². The van der Waals surface area contributed by atoms with E-state index in [1.807, 2.05) is 69.4 Å². The van der Waals surface area contributed by atoms with Crippen molar-refractivity contribution < 1.29 is 24.2 Å². The Morgan fingerprint density at radius 2 is 2.00 bits per heavy atom. The van der Waals surface area contributed by atoms with Crippen molar-refractivity contribution in [3.63, 3.8) is 0 Å². The highest BCUT2D eigenvalue weighted by molar-refractivity contribution is 5.70. The lowest BCUT2D eigenvalue weighted by atomic mass is 9.92. The van der Waals surface area contributed by atoms with E-state index in [4.69, 9.17) is 9.47 Å². The SMILES string of the molecule is CC(=O)O[C@H]1/C=C/[C@H](C)[C@@H](/C(C)=C/C=C/[C@@H](C)c2ccccn2)OC(=O)C[C@H](O)CC[C@@H]1C. The maximum atomic E-state index is 12.5. The van der Waals surface area contributed by atoms with E-state index in [0.717, 1.165) is 11.3 Å². The van der Waals surface area contributed by atoms with Crippen molar-refractivity contribution in [2.24, 2.45) is 11.8 Å². The number of aromatic nitrogens is 1. The molecule has 1 N–H and O–H groups in total. The normalized spacial score (nSPS) is 29.5. The number of aliphatic hydroxyl groups is 1. The number of carbonyl (C=O) groups is 2. The average molecular weight is 456 g/mol. The Balaban J connectivity index is 2.24. The number of nitrogens with zero attached hydrogens (tertiary/aromatic N) is 1. The number of carbonyl (C=O) groups excluding carboxylic acids is 2. The van der Waals surface area contributed by atoms with Crippen LogP contribution in [-0.2, 0) is 19.1 Å². The minimum absolute atomic E-state index is 0.0218. The third-order valence-electron chi connectivity index (χ3n) is 5.92. The van der Waals surface area contributed by atoms with Crippen LogP contribution in [0.3, 0.4) is 0 Å². The first-order valence-electron chi connectivity index (χ1n) is 11.7. The van der Waals surface area contributed by atoms with Gasteiger partial charge in [-0.1, -0.05) is 51.1 Å². The molecule has 0 unspecified atom stereocenters. The van der Waals surface area contributed by atoms with E-state index >= 15 is 0 Å². The molecule has 1 aromatic rings. The fourth-order valence-electron chi connectivity index (χ4n) is 3.85. The van der Waals surface area contributed by atoms with Crippen molar-refractivity contribution in [2.75, 3.05) is 0 Å². The fraction of sp³-hybridized carbons (Fsp3) is 0.519. The number of rotatable bonds is 5. The van der Waals surface area contributed by atoms with Crippen LogP contribution in [0.2, 0.25) is 0 Å². The standard InChI is InChI=1S/C27H37NO5/c1-18(24-11-6-7-16-28-24)9-8-10-20(3)27-21(4)13-15-25(32-22(5)29)19(2)12-14-23(30)17-26(31)33-27/h6-11,13,15-16,18-19,21,23,25,27,30H,12,14,17H2,1-5H3/b9-8+,15-13+,20-10+/t18-,19+,21+,23-,25+,27-/m1/s1. The maximum Gasteiger partial charge on any atom is 0.309 e. The van der Waals surface area contributed by atoms with Crippen LogP contribution in [0.4, 0.5) is 0 Å². The Morgan fingerprint density at radius 1 is 1.24 bits per heavy atom. The van der Waals surface area contributed by atoms with E-state index < -0.39 is 24.3 Å². The molecule has 6 atom stereocenters. The molecule has 0 saturated heterocycles. The Morgan fingerprint density at radius 3 is 2.67 bits per heavy atom. The summed E-state index contributed by atoms with van der Waals surface area (Å²) in [6, 6.07) is 5.84. The Hall–Kier alpha value is -2.73. The zero-order chi connectivity index (χ0) is 24.4. The smallest absolute Gasteiger partial charge is 0.309 e. The summed E-state index contributed by atoms with van der Waals surface area (Å²) in [5.41, 5.74) is 1.86. The van der Waals surface area contributed by atoms with Gasteiger partial charge in [-0.3, -0.25) is 14.6 Å². The first-order chi connectivity index (χ1) is 15.7. The molecule has 0 aliphatic carbocycles. The van der Waals surface area contributed by atoms with Gasteiger partial charge in [0, 0.05) is 30.7 Å². The molecule has 1 aliphatic heterocycles. The number of pyridine rings is 1. The average Bonchev–Trinajstić information content (AvgIpc) is 2.77. The Bertz CT molecular complexity index is 861. The summed E-state index contributed by atoms with van der Waals surface area (Å²) in [4.78, 5) is 28.5. The molecule has 0 amide bonds. The molecule has 0 radical (unpaired) electrons. The quantitative estimate of drug-likeness (QED) is 0.386. The summed E-state index contributed by atoms with van der Waals surface area (Å²) in [6.07, 6.45) is 10.9. The summed E-state index contributed by atoms with van der Waals surface area (Å²) in [5, 5.41) is 10.3. The van der Waals surface area contributed by atoms with E-state index in [1.165, 1.54) is 6.92 Å². The van der Waals surface area contributed by atoms with Crippen molar-refractivity contribution in [1.82, 2.24) is 4.98 Å². The molecular weight excluding hydrogens is 418 g/mol. The van der Waals surface area contributed by atoms with Crippen LogP contribution in [0.5, 0.6) is 0 Å². The number of esters is 2. The second kappa shape index (κ2) is 13.1. The van der Waals surface area contributed by atoms with Gasteiger partial charge in [-0.2, -0.15) is 0 Å². The number of cyclic esters (lactones) is 1. The summed E-state index contributed by atoms with van der Waals surface area (Å²) in [6.45, 7) is 9.33. The molecule has 180 valence electrons. The first kappa shape index (κ1) is 26.5. The third kappa shape index (κ3) is 8.97. The predicted molar refractivity (Wildman–Crippen MR) is 128 cm³/mol. The molecule has 0 aromatic carbocycles. The van der Waals surface area contributed by atoms with Gasteiger partial charge in [-0.25, -0.2) is 0 Å². The van der Waals surface area contributed by atoms with E-state index in [1.54, 1.807) is 6.20 Å². The third-order valence-corrected chi connectivity index (χ3v) is 5.92. The van der Waals surface area contributed by atoms with Gasteiger partial charge in [0.05, 0.1) is 12.5 Å². The predicted octanol–water partition coefficient (Wildman–Crippen LogP) is 4.90. The zero-order valence-corrected chi connectivity index (χ0v) is 20.3. The van der Waals surface area contributed by atoms with Crippen LogP contribution in [0.25, 0.3) is 0 Å². The summed E-state index contributed by atoms with van der Waals surface area (Å²) >= 11 is 0. The minimum Gasteiger partial charge on any atom is -0.458 e. The van der Waals surface area contributed by atoms with Gasteiger partial charge in [-0.15, -0.1) is 0 Å². The van der Waals surface area contributed by atoms with Gasteiger partial charge in [0.15, 0.2) is 0 Å². The largest absolute Gasteiger partial charge is 0.458 e. The van der Waals surface area contributed by atoms with Crippen molar-refractivity contribution >= 4 is 11.9 Å². The molecule has 1 aromatic heterocycles. The van der Waals surface area contributed by atoms with Gasteiger partial charge < -0.3 is 14.6 Å². The number of hydrogen-bond acceptors (Lipinski definition) is 6. The lowest BCUT2D eigenvalue weighted by Crippen LogP contribution is -2.30. The summed E-state index contributed by atoms with van der Waals surface area (Å²) in [7, 11) is 0. The highest BCUT2D eigenvalue weighted by Gasteiger charge is 2.26. The number of ether oxygens (including phenoxy) is 2. The van der Waals surface area contributed by atoms with Crippen LogP contribution in [0, 0.1) is 11.8 Å². The number of allylic oxidation sites excluding steroid dienone is 3. The molecule has 1 aliphatic rings. The molecule has 0 spiro atoms. The Kier molecular flexibility index (Phi) is 10.5. The van der Waals surface area contributed by atoms with E-state index in [2.05, 4.69) is 11.9 Å². The van der Waals surface area contributed by atoms with Crippen LogP contribution < -0.4 is 0 Å². The molecule has 6 nitrogen and oxygen atoms in total. The number of aliphatic hydroxyl groups excluding tert-OH is 1. The van der Waals surface area contributed by atoms with Gasteiger partial charge in [-0.05, 0) is 49.5 Å². The van der Waals surface area contributed by atoms with Gasteiger partial charge in [0.2, 0.25) is 0 Å². The Labute approximate surface area is 197 Å². The van der Waals surface area contributed by atoms with E-state index in [0.29, 0.717) is 12.8 Å². The lowest BCUT2D eigenvalue weighted by molar-refractivity contribution is -0.151. The van der Waals surface area contributed by atoms with Gasteiger partial charge >= 0.3 is 11.9 Å². The van der Waals surface area contributed by atoms with Crippen molar-refractivity contribution in [1.29, 1.82) is 0 Å². The molecule has 2 rings (SSSR count). The molecule has 0 fully saturated rings. The first-order valence-corrected chi connectivity index (χ1v) is 11.7. The second-order valence-corrected chi connectivity index (χ2v) is 8.98. The molecule has 0 saturated carbocycles. The van der Waals surface area contributed by atoms with Crippen LogP contribution in [-0.4, -0.2) is 40.3 Å². The molecule has 0 bridgehead atoms. The minimum atomic E-state index is -0.791. The molecule has 6 heteroatoms. The summed E-state index contributed by atoms with van der Waals surface area (Å²) in [5.74, 6) is -0.742. The van der Waals surface area contributed by atoms with E-state index in [9.17, 15) is 14.7 Å². The highest BCUT2D eigenvalue weighted by Crippen LogP contribution is 2.24. The number of hydrogen-bond donors (Lipinski definition) is 1. The molecular formula is C27H37NO5. The van der Waals surface area contributed by atoms with Gasteiger partial charge in [0.25, 0.3) is 0 Å². The molecule has 33 heavy (non-hydrogen) atoms. The fourth-order valence-corrected chi connectivity index (χ4v) is 3.85. The summed E-state index contributed by atoms with van der Waals surface area (Å²) < 4.78 is 11.3. The maximum absolute atomic E-state index is 12.5. The monoisotopic (exact) mass is 455 g/mol. The van der Waals surface area contributed by atoms with Crippen molar-refractivity contribution in [3.8, 4) is 0 Å². The van der Waals surface area contributed by atoms with Crippen molar-refractivity contribution in [3.05, 3.63) is 66.0 Å². The van der Waals surface area contributed by atoms with Gasteiger partial charge in [0.1, 0.15) is 12.2 Å².